The van der Waals surface area contributed by atoms with Crippen LogP contribution < -0.4 is 4.90 Å². The number of H-pyrrole nitrogens is 1. The van der Waals surface area contributed by atoms with E-state index < -0.39 is 0 Å². The van der Waals surface area contributed by atoms with E-state index in [0.29, 0.717) is 6.04 Å². The summed E-state index contributed by atoms with van der Waals surface area (Å²) in [6, 6.07) is 13.2. The molecule has 1 fully saturated rings. The molecule has 1 unspecified atom stereocenters. The van der Waals surface area contributed by atoms with Crippen LogP contribution in [0.3, 0.4) is 0 Å². The summed E-state index contributed by atoms with van der Waals surface area (Å²) in [6.07, 6.45) is 6.69. The van der Waals surface area contributed by atoms with Gasteiger partial charge in [0, 0.05) is 18.3 Å². The molecule has 0 amide bonds. The standard InChI is InChI=1S/C19H22N4/c1-2-15-10-6-7-11-23(15)19-16-12-17(14-8-4-3-5-9-14)22-18(16)20-13-21-19/h3-5,8-9,12-13,15H,2,6-7,10-11H2,1H3,(H,20,21,22). The van der Waals surface area contributed by atoms with Crippen LogP contribution in [0.5, 0.6) is 0 Å². The number of piperidine rings is 1. The maximum Gasteiger partial charge on any atom is 0.143 e. The van der Waals surface area contributed by atoms with Gasteiger partial charge in [0.15, 0.2) is 0 Å². The van der Waals surface area contributed by atoms with Crippen molar-refractivity contribution in [1.82, 2.24) is 15.0 Å². The molecule has 4 nitrogen and oxygen atoms in total. The first kappa shape index (κ1) is 14.2. The third-order valence-electron chi connectivity index (χ3n) is 4.86. The van der Waals surface area contributed by atoms with Crippen LogP contribution in [0.4, 0.5) is 5.82 Å². The minimum absolute atomic E-state index is 0.594. The second-order valence-electron chi connectivity index (χ2n) is 6.26. The molecule has 3 heterocycles. The first-order valence-corrected chi connectivity index (χ1v) is 8.52. The lowest BCUT2D eigenvalue weighted by atomic mass is 10.00. The molecule has 0 bridgehead atoms. The second kappa shape index (κ2) is 6.03. The van der Waals surface area contributed by atoms with Crippen LogP contribution in [0, 0.1) is 0 Å². The Labute approximate surface area is 136 Å². The van der Waals surface area contributed by atoms with Gasteiger partial charge in [-0.25, -0.2) is 9.97 Å². The average molecular weight is 306 g/mol. The molecular formula is C19H22N4. The zero-order valence-electron chi connectivity index (χ0n) is 13.5. The van der Waals surface area contributed by atoms with Gasteiger partial charge < -0.3 is 9.88 Å². The summed E-state index contributed by atoms with van der Waals surface area (Å²) in [4.78, 5) is 15.0. The topological polar surface area (TPSA) is 44.8 Å². The van der Waals surface area contributed by atoms with Crippen molar-refractivity contribution in [3.63, 3.8) is 0 Å². The Kier molecular flexibility index (Phi) is 3.74. The van der Waals surface area contributed by atoms with Crippen molar-refractivity contribution in [1.29, 1.82) is 0 Å². The van der Waals surface area contributed by atoms with E-state index >= 15 is 0 Å². The van der Waals surface area contributed by atoms with Crippen LogP contribution >= 0.6 is 0 Å². The van der Waals surface area contributed by atoms with Crippen LogP contribution in [-0.2, 0) is 0 Å². The molecule has 23 heavy (non-hydrogen) atoms. The second-order valence-corrected chi connectivity index (χ2v) is 6.26. The smallest absolute Gasteiger partial charge is 0.143 e. The van der Waals surface area contributed by atoms with Crippen molar-refractivity contribution >= 4 is 16.9 Å². The van der Waals surface area contributed by atoms with E-state index in [-0.39, 0.29) is 0 Å². The Morgan fingerprint density at radius 3 is 2.87 bits per heavy atom. The third kappa shape index (κ3) is 2.58. The molecule has 1 aliphatic heterocycles. The van der Waals surface area contributed by atoms with E-state index in [1.54, 1.807) is 6.33 Å². The van der Waals surface area contributed by atoms with Gasteiger partial charge in [0.25, 0.3) is 0 Å². The zero-order valence-corrected chi connectivity index (χ0v) is 13.5. The predicted octanol–water partition coefficient (Wildman–Crippen LogP) is 4.39. The fourth-order valence-electron chi connectivity index (χ4n) is 3.63. The molecule has 2 aromatic heterocycles. The summed E-state index contributed by atoms with van der Waals surface area (Å²) in [5, 5.41) is 1.13. The molecule has 0 saturated carbocycles. The van der Waals surface area contributed by atoms with Crippen LogP contribution in [0.1, 0.15) is 32.6 Å². The van der Waals surface area contributed by atoms with Crippen LogP contribution in [0.25, 0.3) is 22.3 Å². The summed E-state index contributed by atoms with van der Waals surface area (Å²) < 4.78 is 0. The van der Waals surface area contributed by atoms with E-state index in [1.807, 2.05) is 6.07 Å². The molecule has 0 aliphatic carbocycles. The van der Waals surface area contributed by atoms with Gasteiger partial charge in [-0.15, -0.1) is 0 Å². The lowest BCUT2D eigenvalue weighted by Gasteiger charge is -2.36. The highest BCUT2D eigenvalue weighted by Gasteiger charge is 2.24. The van der Waals surface area contributed by atoms with E-state index in [0.717, 1.165) is 29.1 Å². The SMILES string of the molecule is CCC1CCCCN1c1ncnc2[nH]c(-c3ccccc3)cc12. The summed E-state index contributed by atoms with van der Waals surface area (Å²) in [6.45, 7) is 3.37. The van der Waals surface area contributed by atoms with Gasteiger partial charge in [-0.3, -0.25) is 0 Å². The monoisotopic (exact) mass is 306 g/mol. The first-order chi connectivity index (χ1) is 11.4. The van der Waals surface area contributed by atoms with Gasteiger partial charge in [-0.05, 0) is 37.3 Å². The maximum absolute atomic E-state index is 4.63. The van der Waals surface area contributed by atoms with Gasteiger partial charge in [0.05, 0.1) is 5.39 Å². The molecule has 0 radical (unpaired) electrons. The largest absolute Gasteiger partial charge is 0.353 e. The number of hydrogen-bond donors (Lipinski definition) is 1. The number of rotatable bonds is 3. The number of anilines is 1. The molecule has 3 aromatic rings. The molecule has 1 aliphatic rings. The van der Waals surface area contributed by atoms with E-state index in [4.69, 9.17) is 0 Å². The highest BCUT2D eigenvalue weighted by molar-refractivity contribution is 5.92. The number of hydrogen-bond acceptors (Lipinski definition) is 3. The average Bonchev–Trinajstić information content (AvgIpc) is 3.07. The molecule has 1 atom stereocenters. The first-order valence-electron chi connectivity index (χ1n) is 8.52. The van der Waals surface area contributed by atoms with Crippen molar-refractivity contribution in [2.75, 3.05) is 11.4 Å². The Hall–Kier alpha value is -2.36. The summed E-state index contributed by atoms with van der Waals surface area (Å²) in [5.74, 6) is 1.08. The van der Waals surface area contributed by atoms with Crippen molar-refractivity contribution in [2.45, 2.75) is 38.6 Å². The Bertz CT molecular complexity index is 793. The molecule has 118 valence electrons. The van der Waals surface area contributed by atoms with Crippen LogP contribution in [0.2, 0.25) is 0 Å². The van der Waals surface area contributed by atoms with Gasteiger partial charge in [0.2, 0.25) is 0 Å². The van der Waals surface area contributed by atoms with Gasteiger partial charge in [-0.2, -0.15) is 0 Å². The molecule has 1 N–H and O–H groups in total. The minimum atomic E-state index is 0.594. The normalized spacial score (nSPS) is 18.5. The Morgan fingerprint density at radius 2 is 2.04 bits per heavy atom. The molecular weight excluding hydrogens is 284 g/mol. The highest BCUT2D eigenvalue weighted by Crippen LogP contribution is 2.32. The van der Waals surface area contributed by atoms with E-state index in [1.165, 1.54) is 31.2 Å². The summed E-state index contributed by atoms with van der Waals surface area (Å²) in [7, 11) is 0. The van der Waals surface area contributed by atoms with Crippen LogP contribution in [0.15, 0.2) is 42.7 Å². The van der Waals surface area contributed by atoms with Crippen molar-refractivity contribution < 1.29 is 0 Å². The maximum atomic E-state index is 4.63. The highest BCUT2D eigenvalue weighted by atomic mass is 15.2. The Morgan fingerprint density at radius 1 is 1.17 bits per heavy atom. The number of aromatic amines is 1. The number of aromatic nitrogens is 3. The number of benzene rings is 1. The van der Waals surface area contributed by atoms with Crippen molar-refractivity contribution in [3.8, 4) is 11.3 Å². The third-order valence-corrected chi connectivity index (χ3v) is 4.86. The van der Waals surface area contributed by atoms with Crippen molar-refractivity contribution in [2.24, 2.45) is 0 Å². The molecule has 0 spiro atoms. The number of fused-ring (bicyclic) bond motifs is 1. The van der Waals surface area contributed by atoms with Gasteiger partial charge in [0.1, 0.15) is 17.8 Å². The quantitative estimate of drug-likeness (QED) is 0.780. The lowest BCUT2D eigenvalue weighted by Crippen LogP contribution is -2.39. The predicted molar refractivity (Wildman–Crippen MR) is 94.6 cm³/mol. The fraction of sp³-hybridized carbons (Fsp3) is 0.368. The van der Waals surface area contributed by atoms with Crippen LogP contribution in [-0.4, -0.2) is 27.5 Å². The van der Waals surface area contributed by atoms with E-state index in [9.17, 15) is 0 Å². The Balaban J connectivity index is 1.80. The summed E-state index contributed by atoms with van der Waals surface area (Å²) in [5.41, 5.74) is 3.21. The minimum Gasteiger partial charge on any atom is -0.353 e. The summed E-state index contributed by atoms with van der Waals surface area (Å²) >= 11 is 0. The number of nitrogens with one attached hydrogen (secondary N) is 1. The molecule has 4 rings (SSSR count). The fourth-order valence-corrected chi connectivity index (χ4v) is 3.63. The zero-order chi connectivity index (χ0) is 15.6. The van der Waals surface area contributed by atoms with Gasteiger partial charge >= 0.3 is 0 Å². The lowest BCUT2D eigenvalue weighted by molar-refractivity contribution is 0.448. The molecule has 1 aromatic carbocycles. The van der Waals surface area contributed by atoms with Crippen molar-refractivity contribution in [3.05, 3.63) is 42.7 Å². The molecule has 1 saturated heterocycles. The molecule has 4 heteroatoms. The van der Waals surface area contributed by atoms with E-state index in [2.05, 4.69) is 57.1 Å². The van der Waals surface area contributed by atoms with Gasteiger partial charge in [-0.1, -0.05) is 37.3 Å². The number of nitrogens with zero attached hydrogens (tertiary/aromatic N) is 3.